The molecule has 148 valence electrons. The van der Waals surface area contributed by atoms with Crippen molar-refractivity contribution in [2.75, 3.05) is 0 Å². The molecular formula is C22H21N3O4. The molecule has 0 aliphatic carbocycles. The number of fused-ring (bicyclic) bond motifs is 1. The molecule has 0 bridgehead atoms. The molecule has 3 aromatic rings. The van der Waals surface area contributed by atoms with Gasteiger partial charge in [0.15, 0.2) is 0 Å². The molecule has 1 atom stereocenters. The minimum absolute atomic E-state index is 0.0352. The first-order valence-electron chi connectivity index (χ1n) is 9.27. The number of nitrogens with one attached hydrogen (secondary N) is 2. The van der Waals surface area contributed by atoms with Gasteiger partial charge in [-0.15, -0.1) is 0 Å². The van der Waals surface area contributed by atoms with Crippen LogP contribution in [0.5, 0.6) is 5.75 Å². The topological polar surface area (TPSA) is 92.7 Å². The van der Waals surface area contributed by atoms with Crippen molar-refractivity contribution in [3.63, 3.8) is 0 Å². The number of aryl methyl sites for hydroxylation is 1. The van der Waals surface area contributed by atoms with Crippen molar-refractivity contribution in [2.24, 2.45) is 0 Å². The number of ether oxygens (including phenoxy) is 1. The normalized spacial score (nSPS) is 15.7. The first kappa shape index (κ1) is 18.9. The molecule has 1 unspecified atom stereocenters. The molecule has 0 spiro atoms. The van der Waals surface area contributed by atoms with Crippen LogP contribution in [0.15, 0.2) is 60.7 Å². The summed E-state index contributed by atoms with van der Waals surface area (Å²) in [7, 11) is 0. The Morgan fingerprint density at radius 2 is 2.03 bits per heavy atom. The van der Waals surface area contributed by atoms with Crippen LogP contribution in [0.25, 0.3) is 16.6 Å². The largest absolute Gasteiger partial charge is 0.489 e. The van der Waals surface area contributed by atoms with Crippen LogP contribution in [0.2, 0.25) is 0 Å². The molecule has 0 radical (unpaired) electrons. The van der Waals surface area contributed by atoms with Gasteiger partial charge in [0.05, 0.1) is 17.6 Å². The predicted octanol–water partition coefficient (Wildman–Crippen LogP) is 3.26. The summed E-state index contributed by atoms with van der Waals surface area (Å²) >= 11 is 0. The summed E-state index contributed by atoms with van der Waals surface area (Å²) in [4.78, 5) is 21.1. The summed E-state index contributed by atoms with van der Waals surface area (Å²) < 4.78 is 5.98. The lowest BCUT2D eigenvalue weighted by Crippen LogP contribution is -2.24. The Bertz CT molecular complexity index is 1060. The highest BCUT2D eigenvalue weighted by molar-refractivity contribution is 5.82. The molecule has 1 aromatic heterocycles. The van der Waals surface area contributed by atoms with E-state index in [1.165, 1.54) is 0 Å². The molecule has 7 heteroatoms. The minimum atomic E-state index is -0.503. The molecule has 1 amide bonds. The van der Waals surface area contributed by atoms with E-state index >= 15 is 0 Å². The van der Waals surface area contributed by atoms with Gasteiger partial charge in [-0.1, -0.05) is 18.2 Å². The van der Waals surface area contributed by atoms with Gasteiger partial charge in [0, 0.05) is 16.6 Å². The molecule has 1 aliphatic heterocycles. The molecule has 1 aliphatic rings. The highest BCUT2D eigenvalue weighted by Gasteiger charge is 2.20. The molecule has 4 rings (SSSR count). The van der Waals surface area contributed by atoms with Gasteiger partial charge in [-0.25, -0.2) is 5.48 Å². The van der Waals surface area contributed by atoms with Crippen LogP contribution in [0, 0.1) is 6.92 Å². The number of nitrogens with zero attached hydrogens (tertiary/aromatic N) is 1. The van der Waals surface area contributed by atoms with E-state index in [0.29, 0.717) is 6.61 Å². The van der Waals surface area contributed by atoms with Gasteiger partial charge in [0.25, 0.3) is 0 Å². The molecule has 0 fully saturated rings. The summed E-state index contributed by atoms with van der Waals surface area (Å²) in [6, 6.07) is 17.7. The van der Waals surface area contributed by atoms with Gasteiger partial charge in [-0.2, -0.15) is 0 Å². The van der Waals surface area contributed by atoms with Gasteiger partial charge in [0.2, 0.25) is 5.91 Å². The van der Waals surface area contributed by atoms with Crippen molar-refractivity contribution < 1.29 is 19.6 Å². The summed E-state index contributed by atoms with van der Waals surface area (Å²) in [5, 5.41) is 9.69. The van der Waals surface area contributed by atoms with E-state index in [1.54, 1.807) is 11.6 Å². The number of hydrogen-bond acceptors (Lipinski definition) is 6. The van der Waals surface area contributed by atoms with Crippen molar-refractivity contribution in [3.05, 3.63) is 77.5 Å². The second-order valence-corrected chi connectivity index (χ2v) is 6.83. The molecule has 2 aromatic carbocycles. The summed E-state index contributed by atoms with van der Waals surface area (Å²) in [6.45, 7) is 2.43. The standard InChI is InChI=1S/C22H21N3O4/c1-14-10-16(19-4-2-3-5-20(19)23-14)13-28-17-8-6-15(7-9-17)21-11-18(29-25-21)12-22(26)24-27/h2-11,18,25,27H,12-13H2,1H3,(H,24,26). The van der Waals surface area contributed by atoms with Crippen LogP contribution in [0.1, 0.15) is 23.2 Å². The number of hydrogen-bond donors (Lipinski definition) is 3. The fraction of sp³-hybridized carbons (Fsp3) is 0.182. The third-order valence-electron chi connectivity index (χ3n) is 4.67. The monoisotopic (exact) mass is 391 g/mol. The molecular weight excluding hydrogens is 370 g/mol. The Kier molecular flexibility index (Phi) is 5.41. The van der Waals surface area contributed by atoms with Crippen molar-refractivity contribution in [1.29, 1.82) is 0 Å². The highest BCUT2D eigenvalue weighted by Crippen LogP contribution is 2.24. The van der Waals surface area contributed by atoms with E-state index < -0.39 is 12.0 Å². The lowest BCUT2D eigenvalue weighted by atomic mass is 10.1. The molecule has 7 nitrogen and oxygen atoms in total. The lowest BCUT2D eigenvalue weighted by Gasteiger charge is -2.11. The molecule has 0 saturated heterocycles. The van der Waals surface area contributed by atoms with E-state index in [9.17, 15) is 4.79 Å². The molecule has 0 saturated carbocycles. The van der Waals surface area contributed by atoms with Gasteiger partial charge in [-0.3, -0.25) is 25.3 Å². The van der Waals surface area contributed by atoms with Gasteiger partial charge in [-0.05, 0) is 55.0 Å². The Labute approximate surface area is 167 Å². The summed E-state index contributed by atoms with van der Waals surface area (Å²) in [5.74, 6) is 0.250. The Morgan fingerprint density at radius 1 is 1.24 bits per heavy atom. The van der Waals surface area contributed by atoms with Crippen molar-refractivity contribution in [1.82, 2.24) is 15.9 Å². The van der Waals surface area contributed by atoms with E-state index in [-0.39, 0.29) is 6.42 Å². The Hall–Kier alpha value is -3.42. The third kappa shape index (κ3) is 4.37. The maximum atomic E-state index is 11.2. The number of carbonyl (C=O) groups excluding carboxylic acids is 1. The molecule has 2 heterocycles. The fourth-order valence-corrected chi connectivity index (χ4v) is 3.28. The van der Waals surface area contributed by atoms with Crippen LogP contribution in [-0.4, -0.2) is 22.2 Å². The average Bonchev–Trinajstić information content (AvgIpc) is 3.20. The van der Waals surface area contributed by atoms with Crippen molar-refractivity contribution in [2.45, 2.75) is 26.1 Å². The minimum Gasteiger partial charge on any atom is -0.489 e. The number of amides is 1. The quantitative estimate of drug-likeness (QED) is 0.441. The lowest BCUT2D eigenvalue weighted by molar-refractivity contribution is -0.131. The second kappa shape index (κ2) is 8.30. The van der Waals surface area contributed by atoms with Gasteiger partial charge >= 0.3 is 0 Å². The van der Waals surface area contributed by atoms with Crippen LogP contribution >= 0.6 is 0 Å². The van der Waals surface area contributed by atoms with Gasteiger partial charge < -0.3 is 4.74 Å². The SMILES string of the molecule is Cc1cc(COc2ccc(C3=CC(CC(=O)NO)ON3)cc2)c2ccccc2n1. The summed E-state index contributed by atoms with van der Waals surface area (Å²) in [6.07, 6.45) is 1.40. The molecule has 29 heavy (non-hydrogen) atoms. The molecule has 3 N–H and O–H groups in total. The van der Waals surface area contributed by atoms with Crippen LogP contribution in [0.3, 0.4) is 0 Å². The van der Waals surface area contributed by atoms with Crippen LogP contribution in [-0.2, 0) is 16.2 Å². The van der Waals surface area contributed by atoms with E-state index in [1.807, 2.05) is 55.5 Å². The zero-order valence-electron chi connectivity index (χ0n) is 15.9. The van der Waals surface area contributed by atoms with E-state index in [2.05, 4.69) is 16.5 Å². The average molecular weight is 391 g/mol. The highest BCUT2D eigenvalue weighted by atomic mass is 16.7. The Balaban J connectivity index is 1.43. The summed E-state index contributed by atoms with van der Waals surface area (Å²) in [5.41, 5.74) is 9.10. The van der Waals surface area contributed by atoms with E-state index in [0.717, 1.165) is 39.2 Å². The number of hydroxylamine groups is 2. The fourth-order valence-electron chi connectivity index (χ4n) is 3.28. The smallest absolute Gasteiger partial charge is 0.246 e. The number of aromatic nitrogens is 1. The zero-order valence-corrected chi connectivity index (χ0v) is 15.9. The van der Waals surface area contributed by atoms with Crippen LogP contribution in [0.4, 0.5) is 0 Å². The predicted molar refractivity (Wildman–Crippen MR) is 108 cm³/mol. The maximum Gasteiger partial charge on any atom is 0.246 e. The first-order valence-corrected chi connectivity index (χ1v) is 9.27. The van der Waals surface area contributed by atoms with Crippen molar-refractivity contribution >= 4 is 22.5 Å². The number of pyridine rings is 1. The zero-order chi connectivity index (χ0) is 20.2. The number of benzene rings is 2. The van der Waals surface area contributed by atoms with E-state index in [4.69, 9.17) is 14.8 Å². The maximum absolute atomic E-state index is 11.2. The second-order valence-electron chi connectivity index (χ2n) is 6.83. The Morgan fingerprint density at radius 3 is 2.83 bits per heavy atom. The number of rotatable bonds is 6. The number of para-hydroxylation sites is 1. The first-order chi connectivity index (χ1) is 14.1. The third-order valence-corrected chi connectivity index (χ3v) is 4.67. The van der Waals surface area contributed by atoms with Gasteiger partial charge in [0.1, 0.15) is 18.5 Å². The van der Waals surface area contributed by atoms with Crippen LogP contribution < -0.4 is 15.7 Å². The number of carbonyl (C=O) groups is 1. The van der Waals surface area contributed by atoms with Crippen molar-refractivity contribution in [3.8, 4) is 5.75 Å².